The molecule has 3 fully saturated rings. The number of esters is 1. The van der Waals surface area contributed by atoms with E-state index in [1.54, 1.807) is 24.3 Å². The van der Waals surface area contributed by atoms with Crippen molar-refractivity contribution < 1.29 is 19.1 Å². The minimum atomic E-state index is -0.822. The lowest BCUT2D eigenvalue weighted by atomic mass is 9.73. The highest BCUT2D eigenvalue weighted by Crippen LogP contribution is 2.40. The SMILES string of the molecule is COC(=O)[C@H](Cc1ccc(NC(=O)c2c(Cl)cncc2Cl)cc1)NC(=O)[C@@H]1C2CCC(CC2)N1CCC(C)(C)C. The van der Waals surface area contributed by atoms with Gasteiger partial charge < -0.3 is 15.4 Å². The average Bonchev–Trinajstić information content (AvgIpc) is 2.91. The zero-order chi connectivity index (χ0) is 29.0. The Morgan fingerprint density at radius 3 is 2.25 bits per heavy atom. The average molecular weight is 590 g/mol. The Balaban J connectivity index is 1.43. The van der Waals surface area contributed by atoms with E-state index in [0.29, 0.717) is 17.6 Å². The second-order valence-corrected chi connectivity index (χ2v) is 12.8. The minimum Gasteiger partial charge on any atom is -0.467 e. The molecule has 2 bridgehead atoms. The summed E-state index contributed by atoms with van der Waals surface area (Å²) in [5, 5.41) is 6.10. The Labute approximate surface area is 246 Å². The zero-order valence-electron chi connectivity index (χ0n) is 23.5. The van der Waals surface area contributed by atoms with Crippen LogP contribution in [-0.4, -0.2) is 59.4 Å². The molecule has 3 heterocycles. The van der Waals surface area contributed by atoms with Crippen LogP contribution < -0.4 is 10.6 Å². The zero-order valence-corrected chi connectivity index (χ0v) is 25.0. The Morgan fingerprint density at radius 1 is 1.05 bits per heavy atom. The number of piperidine rings is 2. The topological polar surface area (TPSA) is 101 Å². The third-order valence-corrected chi connectivity index (χ3v) is 8.51. The van der Waals surface area contributed by atoms with Gasteiger partial charge in [-0.25, -0.2) is 4.79 Å². The van der Waals surface area contributed by atoms with Crippen molar-refractivity contribution in [3.63, 3.8) is 0 Å². The van der Waals surface area contributed by atoms with E-state index >= 15 is 0 Å². The van der Waals surface area contributed by atoms with Crippen molar-refractivity contribution >= 4 is 46.7 Å². The van der Waals surface area contributed by atoms with Crippen molar-refractivity contribution in [2.75, 3.05) is 19.0 Å². The Kier molecular flexibility index (Phi) is 9.75. The maximum atomic E-state index is 13.7. The van der Waals surface area contributed by atoms with Gasteiger partial charge >= 0.3 is 5.97 Å². The van der Waals surface area contributed by atoms with Gasteiger partial charge in [-0.1, -0.05) is 56.1 Å². The number of nitrogens with one attached hydrogen (secondary N) is 2. The molecule has 2 amide bonds. The highest BCUT2D eigenvalue weighted by Gasteiger charge is 2.46. The molecule has 40 heavy (non-hydrogen) atoms. The van der Waals surface area contributed by atoms with Gasteiger partial charge in [-0.3, -0.25) is 19.5 Å². The standard InChI is InChI=1S/C30H38Cl2N4O4/c1-30(2,3)13-14-36-21-11-7-19(8-12-21)26(36)28(38)35-24(29(39)40-4)15-18-5-9-20(10-6-18)34-27(37)25-22(31)16-33-17-23(25)32/h5-6,9-10,16-17,19,21,24,26H,7-8,11-15H2,1-4H3,(H,34,37)(H,35,38)/t19?,21?,24-,26-/m0/s1. The van der Waals surface area contributed by atoms with Gasteiger partial charge in [0, 0.05) is 30.5 Å². The number of nitrogens with zero attached hydrogens (tertiary/aromatic N) is 2. The number of amides is 2. The molecule has 1 aliphatic carbocycles. The maximum absolute atomic E-state index is 13.7. The number of methoxy groups -OCH3 is 1. The van der Waals surface area contributed by atoms with Crippen LogP contribution in [-0.2, 0) is 20.7 Å². The molecule has 0 radical (unpaired) electrons. The van der Waals surface area contributed by atoms with Gasteiger partial charge in [0.25, 0.3) is 5.91 Å². The number of aromatic nitrogens is 1. The lowest BCUT2D eigenvalue weighted by Gasteiger charge is -2.51. The number of pyridine rings is 1. The molecule has 2 atom stereocenters. The number of benzene rings is 1. The maximum Gasteiger partial charge on any atom is 0.328 e. The number of halogens is 2. The van der Waals surface area contributed by atoms with E-state index in [1.807, 2.05) is 0 Å². The van der Waals surface area contributed by atoms with E-state index < -0.39 is 17.9 Å². The second kappa shape index (κ2) is 12.9. The van der Waals surface area contributed by atoms with Crippen LogP contribution in [0.15, 0.2) is 36.7 Å². The quantitative estimate of drug-likeness (QED) is 0.374. The number of carbonyl (C=O) groups excluding carboxylic acids is 3. The molecule has 216 valence electrons. The fraction of sp³-hybridized carbons (Fsp3) is 0.533. The number of fused-ring (bicyclic) bond motifs is 3. The van der Waals surface area contributed by atoms with E-state index in [9.17, 15) is 14.4 Å². The van der Waals surface area contributed by atoms with Crippen LogP contribution in [0.4, 0.5) is 5.69 Å². The van der Waals surface area contributed by atoms with Crippen LogP contribution in [0.2, 0.25) is 10.0 Å². The number of rotatable bonds is 9. The molecule has 1 aromatic heterocycles. The fourth-order valence-corrected chi connectivity index (χ4v) is 6.31. The molecule has 2 saturated heterocycles. The van der Waals surface area contributed by atoms with Gasteiger partial charge in [-0.05, 0) is 67.7 Å². The molecule has 0 unspecified atom stereocenters. The Hall–Kier alpha value is -2.68. The van der Waals surface area contributed by atoms with Crippen LogP contribution in [0.5, 0.6) is 0 Å². The molecule has 1 aromatic carbocycles. The summed E-state index contributed by atoms with van der Waals surface area (Å²) in [6.45, 7) is 7.53. The second-order valence-electron chi connectivity index (χ2n) is 12.0. The normalized spacial score (nSPS) is 21.5. The molecule has 0 spiro atoms. The third kappa shape index (κ3) is 7.33. The van der Waals surface area contributed by atoms with Gasteiger partial charge in [-0.2, -0.15) is 0 Å². The summed E-state index contributed by atoms with van der Waals surface area (Å²) in [4.78, 5) is 45.3. The lowest BCUT2D eigenvalue weighted by molar-refractivity contribution is -0.147. The van der Waals surface area contributed by atoms with Crippen LogP contribution in [0.25, 0.3) is 0 Å². The van der Waals surface area contributed by atoms with E-state index in [4.69, 9.17) is 27.9 Å². The number of anilines is 1. The summed E-state index contributed by atoms with van der Waals surface area (Å²) < 4.78 is 5.05. The van der Waals surface area contributed by atoms with Crippen LogP contribution >= 0.6 is 23.2 Å². The number of ether oxygens (including phenoxy) is 1. The van der Waals surface area contributed by atoms with Gasteiger partial charge in [0.1, 0.15) is 6.04 Å². The van der Waals surface area contributed by atoms with E-state index in [1.165, 1.54) is 19.5 Å². The van der Waals surface area contributed by atoms with Crippen molar-refractivity contribution in [3.8, 4) is 0 Å². The van der Waals surface area contributed by atoms with Gasteiger partial charge in [0.05, 0.1) is 28.8 Å². The van der Waals surface area contributed by atoms with Crippen LogP contribution in [0.3, 0.4) is 0 Å². The van der Waals surface area contributed by atoms with Gasteiger partial charge in [0.15, 0.2) is 0 Å². The first kappa shape index (κ1) is 30.3. The lowest BCUT2D eigenvalue weighted by Crippen LogP contribution is -2.62. The molecular weight excluding hydrogens is 551 g/mol. The monoisotopic (exact) mass is 588 g/mol. The van der Waals surface area contributed by atoms with E-state index in [-0.39, 0.29) is 39.4 Å². The highest BCUT2D eigenvalue weighted by atomic mass is 35.5. The van der Waals surface area contributed by atoms with Crippen molar-refractivity contribution in [2.24, 2.45) is 11.3 Å². The highest BCUT2D eigenvalue weighted by molar-refractivity contribution is 6.40. The van der Waals surface area contributed by atoms with Crippen molar-refractivity contribution in [2.45, 2.75) is 77.4 Å². The molecule has 8 nitrogen and oxygen atoms in total. The van der Waals surface area contributed by atoms with Crippen LogP contribution in [0, 0.1) is 11.3 Å². The van der Waals surface area contributed by atoms with Crippen molar-refractivity contribution in [1.82, 2.24) is 15.2 Å². The summed E-state index contributed by atoms with van der Waals surface area (Å²) in [6, 6.07) is 6.40. The van der Waals surface area contributed by atoms with E-state index in [0.717, 1.165) is 44.2 Å². The molecule has 2 aromatic rings. The van der Waals surface area contributed by atoms with Crippen LogP contribution in [0.1, 0.15) is 68.8 Å². The van der Waals surface area contributed by atoms with E-state index in [2.05, 4.69) is 41.3 Å². The number of hydrogen-bond acceptors (Lipinski definition) is 6. The minimum absolute atomic E-state index is 0.103. The predicted molar refractivity (Wildman–Crippen MR) is 157 cm³/mol. The molecule has 2 aliphatic heterocycles. The summed E-state index contributed by atoms with van der Waals surface area (Å²) in [5.74, 6) is -0.750. The molecule has 1 saturated carbocycles. The van der Waals surface area contributed by atoms with Crippen molar-refractivity contribution in [3.05, 3.63) is 57.8 Å². The first-order valence-electron chi connectivity index (χ1n) is 13.8. The fourth-order valence-electron chi connectivity index (χ4n) is 5.77. The number of hydrogen-bond donors (Lipinski definition) is 2. The number of carbonyl (C=O) groups is 3. The molecule has 5 rings (SSSR count). The largest absolute Gasteiger partial charge is 0.467 e. The Bertz CT molecular complexity index is 1200. The molecular formula is C30H38Cl2N4O4. The first-order chi connectivity index (χ1) is 19.0. The summed E-state index contributed by atoms with van der Waals surface area (Å²) >= 11 is 12.2. The summed E-state index contributed by atoms with van der Waals surface area (Å²) in [6.07, 6.45) is 8.31. The summed E-state index contributed by atoms with van der Waals surface area (Å²) in [7, 11) is 1.33. The van der Waals surface area contributed by atoms with Crippen molar-refractivity contribution in [1.29, 1.82) is 0 Å². The predicted octanol–water partition coefficient (Wildman–Crippen LogP) is 5.52. The third-order valence-electron chi connectivity index (χ3n) is 7.94. The molecule has 3 aliphatic rings. The molecule has 2 N–H and O–H groups in total. The first-order valence-corrected chi connectivity index (χ1v) is 14.6. The summed E-state index contributed by atoms with van der Waals surface area (Å²) in [5.41, 5.74) is 1.66. The van der Waals surface area contributed by atoms with Gasteiger partial charge in [-0.15, -0.1) is 0 Å². The Morgan fingerprint density at radius 2 is 1.68 bits per heavy atom. The molecule has 10 heteroatoms. The smallest absolute Gasteiger partial charge is 0.328 e. The van der Waals surface area contributed by atoms with Gasteiger partial charge in [0.2, 0.25) is 5.91 Å².